The van der Waals surface area contributed by atoms with Gasteiger partial charge in [0.15, 0.2) is 0 Å². The van der Waals surface area contributed by atoms with Crippen molar-refractivity contribution in [3.63, 3.8) is 0 Å². The Morgan fingerprint density at radius 1 is 1.32 bits per heavy atom. The van der Waals surface area contributed by atoms with Gasteiger partial charge in [0.05, 0.1) is 17.1 Å². The Morgan fingerprint density at radius 3 is 2.72 bits per heavy atom. The van der Waals surface area contributed by atoms with E-state index in [0.717, 1.165) is 18.4 Å². The van der Waals surface area contributed by atoms with Gasteiger partial charge in [-0.1, -0.05) is 12.1 Å². The summed E-state index contributed by atoms with van der Waals surface area (Å²) in [5, 5.41) is 24.2. The summed E-state index contributed by atoms with van der Waals surface area (Å²) in [5.74, 6) is -0.325. The van der Waals surface area contributed by atoms with Crippen molar-refractivity contribution in [3.8, 4) is 5.75 Å². The molecule has 1 heterocycles. The highest BCUT2D eigenvalue weighted by atomic mass is 19.1. The molecule has 1 aliphatic heterocycles. The van der Waals surface area contributed by atoms with E-state index in [4.69, 9.17) is 4.74 Å². The molecule has 3 rings (SSSR count). The summed E-state index contributed by atoms with van der Waals surface area (Å²) in [6, 6.07) is 9.91. The topological polar surface area (TPSA) is 84.6 Å². The summed E-state index contributed by atoms with van der Waals surface area (Å²) in [4.78, 5) is 10.4. The van der Waals surface area contributed by atoms with Crippen molar-refractivity contribution in [2.75, 3.05) is 6.61 Å². The third-order valence-corrected chi connectivity index (χ3v) is 4.35. The maximum Gasteiger partial charge on any atom is 0.270 e. The molecule has 2 N–H and O–H groups in total. The molecule has 1 fully saturated rings. The monoisotopic (exact) mass is 346 g/mol. The molecule has 1 aliphatic rings. The number of nitrogens with zero attached hydrogens (tertiary/aromatic N) is 1. The average molecular weight is 346 g/mol. The average Bonchev–Trinajstić information content (AvgIpc) is 3.12. The number of non-ortho nitro benzene ring substituents is 1. The fourth-order valence-electron chi connectivity index (χ4n) is 3.05. The zero-order valence-electron chi connectivity index (χ0n) is 13.5. The SMILES string of the molecule is O=[N+]([O-])c1ccc(O)c(CN[C@@H](c2ccc(F)cc2)[C@H]2CCCO2)c1. The van der Waals surface area contributed by atoms with Crippen molar-refractivity contribution < 1.29 is 19.2 Å². The van der Waals surface area contributed by atoms with Gasteiger partial charge in [0.25, 0.3) is 5.69 Å². The number of hydrogen-bond acceptors (Lipinski definition) is 5. The number of rotatable bonds is 6. The normalized spacial score (nSPS) is 18.2. The van der Waals surface area contributed by atoms with Gasteiger partial charge < -0.3 is 15.2 Å². The van der Waals surface area contributed by atoms with Crippen LogP contribution in [0.15, 0.2) is 42.5 Å². The van der Waals surface area contributed by atoms with Crippen molar-refractivity contribution >= 4 is 5.69 Å². The van der Waals surface area contributed by atoms with E-state index < -0.39 is 4.92 Å². The van der Waals surface area contributed by atoms with Crippen molar-refractivity contribution in [1.29, 1.82) is 0 Å². The van der Waals surface area contributed by atoms with Crippen LogP contribution in [-0.4, -0.2) is 22.7 Å². The van der Waals surface area contributed by atoms with Crippen LogP contribution in [0.1, 0.15) is 30.0 Å². The zero-order chi connectivity index (χ0) is 17.8. The summed E-state index contributed by atoms with van der Waals surface area (Å²) < 4.78 is 19.0. The van der Waals surface area contributed by atoms with Gasteiger partial charge in [-0.15, -0.1) is 0 Å². The number of aromatic hydroxyl groups is 1. The highest BCUT2D eigenvalue weighted by Crippen LogP contribution is 2.29. The molecule has 7 heteroatoms. The molecule has 0 saturated carbocycles. The molecule has 2 atom stereocenters. The van der Waals surface area contributed by atoms with Gasteiger partial charge in [0.2, 0.25) is 0 Å². The Labute approximate surface area is 144 Å². The number of ether oxygens (including phenoxy) is 1. The fraction of sp³-hybridized carbons (Fsp3) is 0.333. The Morgan fingerprint density at radius 2 is 2.08 bits per heavy atom. The smallest absolute Gasteiger partial charge is 0.270 e. The minimum atomic E-state index is -0.500. The van der Waals surface area contributed by atoms with Crippen LogP contribution in [0, 0.1) is 15.9 Å². The Balaban J connectivity index is 1.80. The number of hydrogen-bond donors (Lipinski definition) is 2. The molecule has 2 aromatic rings. The molecule has 0 amide bonds. The van der Waals surface area contributed by atoms with Crippen LogP contribution in [0.3, 0.4) is 0 Å². The summed E-state index contributed by atoms with van der Waals surface area (Å²) >= 11 is 0. The lowest BCUT2D eigenvalue weighted by Crippen LogP contribution is -2.31. The molecule has 25 heavy (non-hydrogen) atoms. The summed E-state index contributed by atoms with van der Waals surface area (Å²) in [7, 11) is 0. The first-order chi connectivity index (χ1) is 12.0. The Hall–Kier alpha value is -2.51. The van der Waals surface area contributed by atoms with Gasteiger partial charge >= 0.3 is 0 Å². The van der Waals surface area contributed by atoms with Crippen molar-refractivity contribution in [2.24, 2.45) is 0 Å². The van der Waals surface area contributed by atoms with E-state index in [-0.39, 0.29) is 35.9 Å². The van der Waals surface area contributed by atoms with E-state index in [1.54, 1.807) is 12.1 Å². The maximum absolute atomic E-state index is 13.2. The number of nitro groups is 1. The molecule has 0 spiro atoms. The second-order valence-corrected chi connectivity index (χ2v) is 6.03. The van der Waals surface area contributed by atoms with Gasteiger partial charge in [0, 0.05) is 30.8 Å². The number of phenolic OH excluding ortho intramolecular Hbond substituents is 1. The molecule has 132 valence electrons. The Bertz CT molecular complexity index is 745. The first-order valence-corrected chi connectivity index (χ1v) is 8.11. The maximum atomic E-state index is 13.2. The third-order valence-electron chi connectivity index (χ3n) is 4.35. The van der Waals surface area contributed by atoms with E-state index in [2.05, 4.69) is 5.32 Å². The number of benzene rings is 2. The van der Waals surface area contributed by atoms with Crippen LogP contribution in [0.5, 0.6) is 5.75 Å². The van der Waals surface area contributed by atoms with Crippen LogP contribution < -0.4 is 5.32 Å². The molecule has 0 aromatic heterocycles. The zero-order valence-corrected chi connectivity index (χ0v) is 13.5. The highest BCUT2D eigenvalue weighted by molar-refractivity contribution is 5.43. The molecule has 0 aliphatic carbocycles. The van der Waals surface area contributed by atoms with Crippen LogP contribution >= 0.6 is 0 Å². The van der Waals surface area contributed by atoms with Crippen molar-refractivity contribution in [1.82, 2.24) is 5.32 Å². The van der Waals surface area contributed by atoms with E-state index in [9.17, 15) is 19.6 Å². The van der Waals surface area contributed by atoms with Crippen LogP contribution in [0.4, 0.5) is 10.1 Å². The molecule has 2 aromatic carbocycles. The molecular formula is C18H19FN2O4. The Kier molecular flexibility index (Phi) is 5.25. The van der Waals surface area contributed by atoms with E-state index in [0.29, 0.717) is 12.2 Å². The molecular weight excluding hydrogens is 327 g/mol. The number of halogens is 1. The fourth-order valence-corrected chi connectivity index (χ4v) is 3.05. The second-order valence-electron chi connectivity index (χ2n) is 6.03. The number of nitrogens with one attached hydrogen (secondary N) is 1. The standard InChI is InChI=1S/C18H19FN2O4/c19-14-5-3-12(4-6-14)18(17-2-1-9-25-17)20-11-13-10-15(21(23)24)7-8-16(13)22/h3-8,10,17-18,20,22H,1-2,9,11H2/t17-,18+/m1/s1. The van der Waals surface area contributed by atoms with Gasteiger partial charge in [-0.3, -0.25) is 10.1 Å². The molecule has 6 nitrogen and oxygen atoms in total. The predicted octanol–water partition coefficient (Wildman–Crippen LogP) is 3.45. The van der Waals surface area contributed by atoms with Gasteiger partial charge in [-0.2, -0.15) is 0 Å². The number of nitro benzene ring substituents is 1. The summed E-state index contributed by atoms with van der Waals surface area (Å²) in [5.41, 5.74) is 1.22. The first-order valence-electron chi connectivity index (χ1n) is 8.11. The van der Waals surface area contributed by atoms with E-state index >= 15 is 0 Å². The van der Waals surface area contributed by atoms with Crippen molar-refractivity contribution in [3.05, 3.63) is 69.5 Å². The van der Waals surface area contributed by atoms with Gasteiger partial charge in [-0.25, -0.2) is 4.39 Å². The van der Waals surface area contributed by atoms with Crippen LogP contribution in [0.2, 0.25) is 0 Å². The highest BCUT2D eigenvalue weighted by Gasteiger charge is 2.27. The first kappa shape index (κ1) is 17.3. The van der Waals surface area contributed by atoms with Crippen LogP contribution in [0.25, 0.3) is 0 Å². The molecule has 1 saturated heterocycles. The number of phenols is 1. The predicted molar refractivity (Wildman–Crippen MR) is 89.7 cm³/mol. The van der Waals surface area contributed by atoms with Crippen LogP contribution in [-0.2, 0) is 11.3 Å². The molecule has 0 radical (unpaired) electrons. The minimum Gasteiger partial charge on any atom is -0.508 e. The lowest BCUT2D eigenvalue weighted by atomic mass is 9.98. The second kappa shape index (κ2) is 7.58. The van der Waals surface area contributed by atoms with Gasteiger partial charge in [-0.05, 0) is 36.6 Å². The van der Waals surface area contributed by atoms with E-state index in [1.807, 2.05) is 0 Å². The quantitative estimate of drug-likeness (QED) is 0.618. The minimum absolute atomic E-state index is 0.0108. The van der Waals surface area contributed by atoms with Gasteiger partial charge in [0.1, 0.15) is 11.6 Å². The van der Waals surface area contributed by atoms with E-state index in [1.165, 1.54) is 30.3 Å². The summed E-state index contributed by atoms with van der Waals surface area (Å²) in [6.45, 7) is 0.904. The lowest BCUT2D eigenvalue weighted by molar-refractivity contribution is -0.384. The molecule has 0 bridgehead atoms. The molecule has 0 unspecified atom stereocenters. The lowest BCUT2D eigenvalue weighted by Gasteiger charge is -2.25. The summed E-state index contributed by atoms with van der Waals surface area (Å²) in [6.07, 6.45) is 1.76. The third kappa shape index (κ3) is 4.12. The largest absolute Gasteiger partial charge is 0.508 e. The van der Waals surface area contributed by atoms with Crippen molar-refractivity contribution in [2.45, 2.75) is 31.5 Å².